The van der Waals surface area contributed by atoms with Crippen LogP contribution in [0.3, 0.4) is 0 Å². The fraction of sp³-hybridized carbons (Fsp3) is 0.481. The summed E-state index contributed by atoms with van der Waals surface area (Å²) < 4.78 is 6.65. The van der Waals surface area contributed by atoms with E-state index in [1.807, 2.05) is 30.8 Å². The van der Waals surface area contributed by atoms with Gasteiger partial charge < -0.3 is 35.6 Å². The van der Waals surface area contributed by atoms with Gasteiger partial charge in [-0.1, -0.05) is 0 Å². The van der Waals surface area contributed by atoms with Gasteiger partial charge in [-0.05, 0) is 58.0 Å². The van der Waals surface area contributed by atoms with Crippen molar-refractivity contribution in [3.8, 4) is 12.1 Å². The Morgan fingerprint density at radius 2 is 2.05 bits per heavy atom. The molecule has 3 aromatic rings. The van der Waals surface area contributed by atoms with E-state index in [1.54, 1.807) is 12.1 Å². The van der Waals surface area contributed by atoms with E-state index in [1.165, 1.54) is 10.7 Å². The number of carbonyl (C=O) groups is 1. The van der Waals surface area contributed by atoms with Gasteiger partial charge in [-0.25, -0.2) is 9.78 Å². The third kappa shape index (κ3) is 6.40. The molecule has 1 aliphatic heterocycles. The van der Waals surface area contributed by atoms with Crippen LogP contribution in [0.1, 0.15) is 36.1 Å². The number of aliphatic hydroxyl groups is 1. The zero-order valence-corrected chi connectivity index (χ0v) is 23.3. The molecule has 2 aliphatic rings. The van der Waals surface area contributed by atoms with Crippen molar-refractivity contribution in [2.45, 2.75) is 44.4 Å². The largest absolute Gasteiger partial charge is 0.448 e. The number of piperidine rings is 1. The molecule has 1 aliphatic carbocycles. The van der Waals surface area contributed by atoms with Crippen molar-refractivity contribution in [2.75, 3.05) is 55.9 Å². The molecule has 1 aromatic carbocycles. The number of nitrogens with zero attached hydrogens (tertiary/aromatic N) is 8. The van der Waals surface area contributed by atoms with E-state index >= 15 is 0 Å². The van der Waals surface area contributed by atoms with Gasteiger partial charge >= 0.3 is 6.09 Å². The second kappa shape index (κ2) is 11.8. The number of anilines is 4. The van der Waals surface area contributed by atoms with Gasteiger partial charge in [-0.2, -0.15) is 20.0 Å². The van der Waals surface area contributed by atoms with E-state index in [0.29, 0.717) is 48.3 Å². The summed E-state index contributed by atoms with van der Waals surface area (Å²) in [6, 6.07) is 7.66. The fourth-order valence-corrected chi connectivity index (χ4v) is 4.70. The van der Waals surface area contributed by atoms with E-state index in [2.05, 4.69) is 43.2 Å². The molecule has 1 saturated heterocycles. The highest BCUT2D eigenvalue weighted by Gasteiger charge is 2.31. The highest BCUT2D eigenvalue weighted by molar-refractivity contribution is 5.74. The normalized spacial score (nSPS) is 18.6. The van der Waals surface area contributed by atoms with Crippen molar-refractivity contribution in [2.24, 2.45) is 0 Å². The zero-order chi connectivity index (χ0) is 29.1. The Hall–Kier alpha value is -4.66. The predicted molar refractivity (Wildman–Crippen MR) is 151 cm³/mol. The first-order chi connectivity index (χ1) is 19.7. The smallest absolute Gasteiger partial charge is 0.407 e. The number of alkyl carbamates (subject to hydrolysis) is 1. The maximum absolute atomic E-state index is 12.2. The van der Waals surface area contributed by atoms with E-state index in [4.69, 9.17) is 4.74 Å². The van der Waals surface area contributed by atoms with E-state index < -0.39 is 18.2 Å². The standard InChI is InChI=1S/C27H33N11O3/c1-16-21(32-26-34-24(31-18-4-5-18)25-30-14-19(13-29)38(25)35-26)10-17(12-28)11-22(16)37-7-6-20(23(39)15-37)33-27(40)41-9-8-36(2)3/h10-11,14,18,20,23,39H,4-9,15H2,1-3H3,(H,33,40)(H2,31,32,34,35)/t20-,23-/m1/s1. The Balaban J connectivity index is 1.35. The molecule has 0 radical (unpaired) electrons. The first-order valence-electron chi connectivity index (χ1n) is 13.5. The number of aromatic nitrogens is 4. The van der Waals surface area contributed by atoms with Gasteiger partial charge in [0.15, 0.2) is 17.2 Å². The van der Waals surface area contributed by atoms with E-state index in [0.717, 1.165) is 24.1 Å². The lowest BCUT2D eigenvalue weighted by Crippen LogP contribution is -2.54. The van der Waals surface area contributed by atoms with Crippen molar-refractivity contribution < 1.29 is 14.6 Å². The molecule has 1 saturated carbocycles. The molecule has 1 amide bonds. The van der Waals surface area contributed by atoms with Gasteiger partial charge in [0.2, 0.25) is 5.95 Å². The lowest BCUT2D eigenvalue weighted by molar-refractivity contribution is 0.0932. The van der Waals surface area contributed by atoms with Gasteiger partial charge in [-0.3, -0.25) is 0 Å². The molecule has 0 spiro atoms. The number of amides is 1. The molecule has 5 rings (SSSR count). The van der Waals surface area contributed by atoms with Crippen molar-refractivity contribution >= 4 is 34.9 Å². The second-order valence-electron chi connectivity index (χ2n) is 10.6. The van der Waals surface area contributed by atoms with Crippen LogP contribution in [0.2, 0.25) is 0 Å². The fourth-order valence-electron chi connectivity index (χ4n) is 4.70. The first kappa shape index (κ1) is 27.9. The average molecular weight is 560 g/mol. The van der Waals surface area contributed by atoms with Crippen LogP contribution in [0, 0.1) is 29.6 Å². The topological polar surface area (TPSA) is 180 Å². The Morgan fingerprint density at radius 3 is 2.73 bits per heavy atom. The Morgan fingerprint density at radius 1 is 1.24 bits per heavy atom. The summed E-state index contributed by atoms with van der Waals surface area (Å²) in [5.41, 5.74) is 3.39. The number of benzene rings is 1. The number of β-amino-alcohol motifs (C(OH)–C–C–N with tert-alkyl or cyclic N) is 1. The number of fused-ring (bicyclic) bond motifs is 1. The van der Waals surface area contributed by atoms with Crippen LogP contribution >= 0.6 is 0 Å². The maximum atomic E-state index is 12.2. The lowest BCUT2D eigenvalue weighted by Gasteiger charge is -2.38. The number of hydrogen-bond donors (Lipinski definition) is 4. The molecule has 2 atom stereocenters. The number of nitriles is 2. The van der Waals surface area contributed by atoms with Crippen LogP contribution in [0.15, 0.2) is 18.3 Å². The summed E-state index contributed by atoms with van der Waals surface area (Å²) in [6.07, 6.45) is 2.64. The molecule has 4 N–H and O–H groups in total. The minimum Gasteiger partial charge on any atom is -0.448 e. The summed E-state index contributed by atoms with van der Waals surface area (Å²) in [4.78, 5) is 25.0. The molecular formula is C27H33N11O3. The van der Waals surface area contributed by atoms with Gasteiger partial charge in [0, 0.05) is 37.1 Å². The van der Waals surface area contributed by atoms with Gasteiger partial charge in [0.1, 0.15) is 12.7 Å². The van der Waals surface area contributed by atoms with Gasteiger partial charge in [-0.15, -0.1) is 5.10 Å². The molecule has 14 nitrogen and oxygen atoms in total. The maximum Gasteiger partial charge on any atom is 0.407 e. The molecule has 214 valence electrons. The first-order valence-corrected chi connectivity index (χ1v) is 13.5. The van der Waals surface area contributed by atoms with Crippen LogP contribution in [0.5, 0.6) is 0 Å². The van der Waals surface area contributed by atoms with Crippen molar-refractivity contribution in [1.29, 1.82) is 10.5 Å². The molecule has 0 unspecified atom stereocenters. The number of imidazole rings is 1. The molecule has 3 heterocycles. The lowest BCUT2D eigenvalue weighted by atomic mass is 9.99. The zero-order valence-electron chi connectivity index (χ0n) is 23.3. The summed E-state index contributed by atoms with van der Waals surface area (Å²) in [7, 11) is 3.79. The Bertz CT molecular complexity index is 1520. The minimum atomic E-state index is -0.834. The van der Waals surface area contributed by atoms with Crippen molar-refractivity contribution in [3.63, 3.8) is 0 Å². The molecule has 14 heteroatoms. The molecular weight excluding hydrogens is 526 g/mol. The third-order valence-corrected chi connectivity index (χ3v) is 7.15. The van der Waals surface area contributed by atoms with Crippen molar-refractivity contribution in [1.82, 2.24) is 29.8 Å². The monoisotopic (exact) mass is 559 g/mol. The van der Waals surface area contributed by atoms with Gasteiger partial charge in [0.05, 0.1) is 30.0 Å². The summed E-state index contributed by atoms with van der Waals surface area (Å²) >= 11 is 0. The van der Waals surface area contributed by atoms with E-state index in [-0.39, 0.29) is 24.8 Å². The van der Waals surface area contributed by atoms with Crippen LogP contribution in [-0.2, 0) is 4.74 Å². The number of likely N-dealkylation sites (N-methyl/N-ethyl adjacent to an activating group) is 1. The highest BCUT2D eigenvalue weighted by atomic mass is 16.5. The minimum absolute atomic E-state index is 0.245. The van der Waals surface area contributed by atoms with Crippen LogP contribution in [0.4, 0.5) is 27.9 Å². The average Bonchev–Trinajstić information content (AvgIpc) is 3.66. The second-order valence-corrected chi connectivity index (χ2v) is 10.6. The number of rotatable bonds is 9. The quantitative estimate of drug-likeness (QED) is 0.299. The van der Waals surface area contributed by atoms with Crippen molar-refractivity contribution in [3.05, 3.63) is 35.2 Å². The Labute approximate surface area is 237 Å². The number of ether oxygens (including phenoxy) is 1. The number of carbonyl (C=O) groups excluding carboxylic acids is 1. The molecule has 2 aromatic heterocycles. The summed E-state index contributed by atoms with van der Waals surface area (Å²) in [6.45, 7) is 3.59. The summed E-state index contributed by atoms with van der Waals surface area (Å²) in [5, 5.41) is 44.0. The molecule has 0 bridgehead atoms. The SMILES string of the molecule is Cc1c(Nc2nc(NC3CC3)c3ncc(C#N)n3n2)cc(C#N)cc1N1CC[C@@H](NC(=O)OCCN(C)C)[C@H](O)C1. The summed E-state index contributed by atoms with van der Waals surface area (Å²) in [5.74, 6) is 0.772. The molecule has 2 fully saturated rings. The molecule has 41 heavy (non-hydrogen) atoms. The van der Waals surface area contributed by atoms with Gasteiger partial charge in [0.25, 0.3) is 0 Å². The van der Waals surface area contributed by atoms with E-state index in [9.17, 15) is 20.4 Å². The predicted octanol–water partition coefficient (Wildman–Crippen LogP) is 1.72. The number of aliphatic hydroxyl groups excluding tert-OH is 1. The number of nitrogens with one attached hydrogen (secondary N) is 3. The van der Waals surface area contributed by atoms with Crippen LogP contribution in [0.25, 0.3) is 5.65 Å². The van der Waals surface area contributed by atoms with Crippen LogP contribution < -0.4 is 20.9 Å². The number of hydrogen-bond acceptors (Lipinski definition) is 12. The van der Waals surface area contributed by atoms with Crippen LogP contribution in [-0.4, -0.2) is 94.2 Å². The highest BCUT2D eigenvalue weighted by Crippen LogP contribution is 2.33. The third-order valence-electron chi connectivity index (χ3n) is 7.15. The Kier molecular flexibility index (Phi) is 8.05.